The van der Waals surface area contributed by atoms with Crippen LogP contribution in [0.2, 0.25) is 5.02 Å². The summed E-state index contributed by atoms with van der Waals surface area (Å²) in [4.78, 5) is 37.7. The van der Waals surface area contributed by atoms with Crippen molar-refractivity contribution in [2.45, 2.75) is 64.1 Å². The number of halogens is 4. The van der Waals surface area contributed by atoms with Crippen LogP contribution in [-0.2, 0) is 20.9 Å². The second-order valence-corrected chi connectivity index (χ2v) is 14.5. The van der Waals surface area contributed by atoms with Gasteiger partial charge in [-0.05, 0) is 53.9 Å². The van der Waals surface area contributed by atoms with E-state index < -0.39 is 24.6 Å². The Hall–Kier alpha value is -4.56. The zero-order valence-electron chi connectivity index (χ0n) is 29.0. The third kappa shape index (κ3) is 10.3. The van der Waals surface area contributed by atoms with Gasteiger partial charge in [0.15, 0.2) is 0 Å². The highest BCUT2D eigenvalue weighted by Gasteiger charge is 2.46. The van der Waals surface area contributed by atoms with Gasteiger partial charge in [0, 0.05) is 31.1 Å². The lowest BCUT2D eigenvalue weighted by Crippen LogP contribution is -2.57. The van der Waals surface area contributed by atoms with E-state index in [1.807, 2.05) is 36.9 Å². The first-order chi connectivity index (χ1) is 24.8. The summed E-state index contributed by atoms with van der Waals surface area (Å²) in [6.07, 6.45) is 1.15. The molecule has 0 spiro atoms. The van der Waals surface area contributed by atoms with Gasteiger partial charge < -0.3 is 30.3 Å². The fraction of sp³-hybridized carbons (Fsp3) is 0.459. The molecule has 1 saturated carbocycles. The van der Waals surface area contributed by atoms with E-state index in [9.17, 15) is 22.8 Å². The Bertz CT molecular complexity index is 1750. The average molecular weight is 742 g/mol. The smallest absolute Gasteiger partial charge is 0.411 e. The molecule has 2 aromatic rings. The van der Waals surface area contributed by atoms with Gasteiger partial charge in [0.1, 0.15) is 12.4 Å². The summed E-state index contributed by atoms with van der Waals surface area (Å²) in [7, 11) is 0. The average Bonchev–Trinajstić information content (AvgIpc) is 3.92. The second-order valence-electron chi connectivity index (χ2n) is 14.1. The Labute approximate surface area is 305 Å². The molecule has 4 unspecified atom stereocenters. The highest BCUT2D eigenvalue weighted by molar-refractivity contribution is 6.32. The van der Waals surface area contributed by atoms with Crippen molar-refractivity contribution in [1.29, 1.82) is 0 Å². The quantitative estimate of drug-likeness (QED) is 0.347. The molecule has 2 amide bonds. The highest BCUT2D eigenvalue weighted by atomic mass is 35.5. The number of ether oxygens (including phenoxy) is 2. The molecule has 4 atom stereocenters. The number of benzene rings is 2. The first kappa shape index (κ1) is 37.2. The lowest BCUT2D eigenvalue weighted by Gasteiger charge is -2.33. The Morgan fingerprint density at radius 3 is 2.67 bits per heavy atom. The number of carbonyl (C=O) groups excluding carboxylic acids is 2. The maximum atomic E-state index is 13.9. The van der Waals surface area contributed by atoms with Crippen LogP contribution in [0, 0.1) is 11.3 Å². The Balaban J connectivity index is 1.19. The topological polar surface area (TPSA) is 129 Å². The number of aliphatic imine (C=N–C) groups is 2. The van der Waals surface area contributed by atoms with Crippen molar-refractivity contribution in [3.05, 3.63) is 88.5 Å². The molecule has 1 fully saturated rings. The predicted molar refractivity (Wildman–Crippen MR) is 192 cm³/mol. The van der Waals surface area contributed by atoms with Gasteiger partial charge in [0.2, 0.25) is 24.2 Å². The molecule has 5 aliphatic heterocycles. The van der Waals surface area contributed by atoms with Crippen molar-refractivity contribution in [2.75, 3.05) is 32.8 Å². The number of carbonyl (C=O) groups is 2. The zero-order chi connectivity index (χ0) is 36.9. The largest absolute Gasteiger partial charge is 0.492 e. The van der Waals surface area contributed by atoms with Crippen LogP contribution in [0.3, 0.4) is 0 Å². The van der Waals surface area contributed by atoms with E-state index in [2.05, 4.69) is 43.4 Å². The minimum Gasteiger partial charge on any atom is -0.492 e. The SMILES string of the molecule is CC1(C)CNC(=O)C2=CCC(C=C2)NC2=NC(OCC(F)(F)F)NC(=NCc3ccc(c(Cl)c3)OCCCN(C(=O)C3CC3c3ccccc3)C1)N2. The number of amides is 2. The lowest BCUT2D eigenvalue weighted by molar-refractivity contribution is -0.186. The van der Waals surface area contributed by atoms with Crippen molar-refractivity contribution in [2.24, 2.45) is 21.3 Å². The predicted octanol–water partition coefficient (Wildman–Crippen LogP) is 5.01. The molecule has 7 aliphatic rings. The maximum Gasteiger partial charge on any atom is 0.411 e. The number of guanidine groups is 2. The molecule has 0 saturated heterocycles. The van der Waals surface area contributed by atoms with Crippen molar-refractivity contribution in [1.82, 2.24) is 26.2 Å². The number of hydrogen-bond donors (Lipinski definition) is 4. The Morgan fingerprint density at radius 2 is 1.94 bits per heavy atom. The number of hydrogen-bond acceptors (Lipinski definition) is 9. The number of nitrogens with one attached hydrogen (secondary N) is 4. The summed E-state index contributed by atoms with van der Waals surface area (Å²) in [6.45, 7) is 4.26. The fourth-order valence-corrected chi connectivity index (χ4v) is 6.59. The van der Waals surface area contributed by atoms with Gasteiger partial charge in [-0.3, -0.25) is 14.9 Å². The van der Waals surface area contributed by atoms with Crippen LogP contribution in [0.25, 0.3) is 0 Å². The van der Waals surface area contributed by atoms with Gasteiger partial charge in [0.25, 0.3) is 5.91 Å². The Kier molecular flexibility index (Phi) is 11.4. The van der Waals surface area contributed by atoms with Crippen molar-refractivity contribution in [3.8, 4) is 5.75 Å². The summed E-state index contributed by atoms with van der Waals surface area (Å²) in [5.74, 6) is 0.748. The van der Waals surface area contributed by atoms with Crippen molar-refractivity contribution < 1.29 is 32.2 Å². The van der Waals surface area contributed by atoms with E-state index in [4.69, 9.17) is 21.1 Å². The zero-order valence-corrected chi connectivity index (χ0v) is 29.8. The lowest BCUT2D eigenvalue weighted by atomic mass is 9.91. The molecule has 0 radical (unpaired) electrons. The first-order valence-electron chi connectivity index (χ1n) is 17.3. The van der Waals surface area contributed by atoms with Crippen molar-refractivity contribution in [3.63, 3.8) is 0 Å². The van der Waals surface area contributed by atoms with Crippen LogP contribution in [-0.4, -0.2) is 80.1 Å². The molecule has 2 aliphatic carbocycles. The maximum absolute atomic E-state index is 13.9. The number of rotatable bonds is 4. The van der Waals surface area contributed by atoms with Gasteiger partial charge >= 0.3 is 6.18 Å². The third-order valence-corrected chi connectivity index (χ3v) is 9.37. The summed E-state index contributed by atoms with van der Waals surface area (Å²) in [6, 6.07) is 15.0. The number of nitrogens with zero attached hydrogens (tertiary/aromatic N) is 3. The molecule has 4 N–H and O–H groups in total. The van der Waals surface area contributed by atoms with Crippen LogP contribution in [0.15, 0.2) is 82.3 Å². The molecule has 6 bridgehead atoms. The first-order valence-corrected chi connectivity index (χ1v) is 17.7. The molecule has 11 nitrogen and oxygen atoms in total. The van der Waals surface area contributed by atoms with Crippen LogP contribution in [0.1, 0.15) is 50.2 Å². The standard InChI is InChI=1S/C37H43ClF3N7O4/c1-36(2)20-43-31(49)25-10-12-26(13-11-25)44-34-45-33(46-35(47-34)52-22-37(39,40)41)42-19-23-9-14-30(29(38)17-23)51-16-6-15-48(21-36)32(50)28-18-27(28)24-7-4-3-5-8-24/h3-5,7-12,14,17,26-28,35H,6,13,15-16,18-22H2,1-2H3,(H,43,49)(H3,42,44,45,46,47). The molecular formula is C37H43ClF3N7O4. The minimum atomic E-state index is -4.55. The van der Waals surface area contributed by atoms with E-state index in [0.717, 1.165) is 12.0 Å². The van der Waals surface area contributed by atoms with Gasteiger partial charge in [-0.1, -0.05) is 80.1 Å². The third-order valence-electron chi connectivity index (χ3n) is 9.07. The molecule has 278 valence electrons. The molecule has 15 heteroatoms. The fourth-order valence-electron chi connectivity index (χ4n) is 6.33. The van der Waals surface area contributed by atoms with E-state index in [1.165, 1.54) is 5.56 Å². The molecular weight excluding hydrogens is 699 g/mol. The van der Waals surface area contributed by atoms with E-state index in [1.54, 1.807) is 36.4 Å². The Morgan fingerprint density at radius 1 is 1.13 bits per heavy atom. The van der Waals surface area contributed by atoms with Gasteiger partial charge in [-0.15, -0.1) is 0 Å². The van der Waals surface area contributed by atoms with Crippen LogP contribution >= 0.6 is 11.6 Å². The summed E-state index contributed by atoms with van der Waals surface area (Å²) < 4.78 is 49.8. The highest BCUT2D eigenvalue weighted by Crippen LogP contribution is 2.48. The van der Waals surface area contributed by atoms with E-state index in [0.29, 0.717) is 55.4 Å². The normalized spacial score (nSPS) is 25.2. The van der Waals surface area contributed by atoms with E-state index >= 15 is 0 Å². The second kappa shape index (κ2) is 16.0. The summed E-state index contributed by atoms with van der Waals surface area (Å²) in [5.41, 5.74) is 1.94. The molecule has 5 heterocycles. The molecule has 0 aromatic heterocycles. The monoisotopic (exact) mass is 741 g/mol. The van der Waals surface area contributed by atoms with Crippen LogP contribution in [0.4, 0.5) is 13.2 Å². The van der Waals surface area contributed by atoms with Gasteiger partial charge in [-0.25, -0.2) is 9.98 Å². The molecule has 2 aromatic carbocycles. The van der Waals surface area contributed by atoms with Crippen molar-refractivity contribution >= 4 is 35.3 Å². The summed E-state index contributed by atoms with van der Waals surface area (Å²) >= 11 is 6.57. The van der Waals surface area contributed by atoms with Crippen LogP contribution in [0.5, 0.6) is 5.75 Å². The molecule has 9 rings (SSSR count). The summed E-state index contributed by atoms with van der Waals surface area (Å²) in [5, 5.41) is 12.2. The number of alkyl halides is 3. The van der Waals surface area contributed by atoms with E-state index in [-0.39, 0.29) is 48.2 Å². The molecule has 52 heavy (non-hydrogen) atoms. The van der Waals surface area contributed by atoms with Gasteiger partial charge in [-0.2, -0.15) is 13.2 Å². The minimum absolute atomic E-state index is 0.0839. The van der Waals surface area contributed by atoms with Gasteiger partial charge in [0.05, 0.1) is 24.2 Å². The van der Waals surface area contributed by atoms with Crippen LogP contribution < -0.4 is 26.0 Å².